The smallest absolute Gasteiger partial charge is 0.327 e. The van der Waals surface area contributed by atoms with Crippen molar-refractivity contribution in [2.24, 2.45) is 11.3 Å². The van der Waals surface area contributed by atoms with Gasteiger partial charge in [0.2, 0.25) is 5.91 Å². The zero-order valence-electron chi connectivity index (χ0n) is 31.9. The van der Waals surface area contributed by atoms with Gasteiger partial charge in [-0.05, 0) is 92.7 Å². The third-order valence-corrected chi connectivity index (χ3v) is 12.2. The Morgan fingerprint density at radius 2 is 1.79 bits per heavy atom. The molecule has 292 valence electrons. The third-order valence-electron chi connectivity index (χ3n) is 12.2. The number of halogens is 3. The number of fused-ring (bicyclic) bond motifs is 1. The number of carbonyl (C=O) groups excluding carboxylic acids is 4. The number of Topliss-reactive ketones (excluding diaryl/α,β-unsaturated/α-hetero) is 3. The summed E-state index contributed by atoms with van der Waals surface area (Å²) >= 11 is 0. The maximum Gasteiger partial charge on any atom is 0.433 e. The van der Waals surface area contributed by atoms with Crippen LogP contribution in [0, 0.1) is 25.2 Å². The summed E-state index contributed by atoms with van der Waals surface area (Å²) in [6.07, 6.45) is 4.38. The number of benzene rings is 1. The second kappa shape index (κ2) is 14.0. The highest BCUT2D eigenvalue weighted by Crippen LogP contribution is 2.62. The molecule has 0 radical (unpaired) electrons. The second-order valence-electron chi connectivity index (χ2n) is 16.2. The van der Waals surface area contributed by atoms with Crippen molar-refractivity contribution in [1.29, 1.82) is 0 Å². The van der Waals surface area contributed by atoms with Gasteiger partial charge in [0.15, 0.2) is 17.2 Å². The molecule has 4 aromatic heterocycles. The number of rotatable bonds is 5. The van der Waals surface area contributed by atoms with Crippen LogP contribution in [0.3, 0.4) is 0 Å². The summed E-state index contributed by atoms with van der Waals surface area (Å²) in [4.78, 5) is 65.3. The lowest BCUT2D eigenvalue weighted by Crippen LogP contribution is -2.45. The van der Waals surface area contributed by atoms with Crippen molar-refractivity contribution in [3.05, 3.63) is 76.6 Å². The first-order valence-electron chi connectivity index (χ1n) is 19.4. The fraction of sp³-hybridized carbons (Fsp3) is 0.476. The molecule has 2 fully saturated rings. The van der Waals surface area contributed by atoms with Crippen LogP contribution in [0.15, 0.2) is 42.7 Å². The Morgan fingerprint density at radius 3 is 2.55 bits per heavy atom. The number of hydrogen-bond donors (Lipinski definition) is 0. The van der Waals surface area contributed by atoms with Crippen molar-refractivity contribution in [2.45, 2.75) is 117 Å². The van der Waals surface area contributed by atoms with Gasteiger partial charge < -0.3 is 4.90 Å². The SMILES string of the molecule is CC(=O)c1nn2c3c(cc(-c4cnc5cc(C)nn5c4)cc13)CCCCC[C@@H](C)C(=O)CC[C@@]13C[C@@H](C(=O)Cc4nc(C(F)(F)F)ccc4C)N(C(=O)C2)[C@@H]1C3. The molecular weight excluding hydrogens is 724 g/mol. The minimum Gasteiger partial charge on any atom is -0.327 e. The Labute approximate surface area is 321 Å². The van der Waals surface area contributed by atoms with Crippen LogP contribution in [0.5, 0.6) is 0 Å². The van der Waals surface area contributed by atoms with Crippen molar-refractivity contribution >= 4 is 39.8 Å². The van der Waals surface area contributed by atoms with Gasteiger partial charge >= 0.3 is 6.18 Å². The highest BCUT2D eigenvalue weighted by molar-refractivity contribution is 6.07. The quantitative estimate of drug-likeness (QED) is 0.171. The predicted octanol–water partition coefficient (Wildman–Crippen LogP) is 7.25. The molecule has 5 aromatic rings. The van der Waals surface area contributed by atoms with Gasteiger partial charge in [0.1, 0.15) is 23.7 Å². The van der Waals surface area contributed by atoms with Gasteiger partial charge in [0.25, 0.3) is 0 Å². The van der Waals surface area contributed by atoms with E-state index in [-0.39, 0.29) is 53.8 Å². The third kappa shape index (κ3) is 6.91. The molecule has 0 N–H and O–H groups in total. The maximum absolute atomic E-state index is 14.6. The molecule has 8 rings (SSSR count). The number of ketones is 3. The Morgan fingerprint density at radius 1 is 0.982 bits per heavy atom. The van der Waals surface area contributed by atoms with Gasteiger partial charge in [-0.25, -0.2) is 14.5 Å². The topological polar surface area (TPSA) is 132 Å². The van der Waals surface area contributed by atoms with E-state index in [1.807, 2.05) is 38.2 Å². The number of alkyl halides is 3. The summed E-state index contributed by atoms with van der Waals surface area (Å²) in [5.41, 5.74) is 3.89. The number of nitrogens with zero attached hydrogens (tertiary/aromatic N) is 7. The van der Waals surface area contributed by atoms with Crippen LogP contribution >= 0.6 is 0 Å². The van der Waals surface area contributed by atoms with E-state index < -0.39 is 29.1 Å². The average Bonchev–Trinajstić information content (AvgIpc) is 3.38. The van der Waals surface area contributed by atoms with Gasteiger partial charge in [-0.1, -0.05) is 25.8 Å². The number of hydrogen-bond acceptors (Lipinski definition) is 8. The van der Waals surface area contributed by atoms with Crippen LogP contribution in [0.1, 0.15) is 104 Å². The molecule has 0 unspecified atom stereocenters. The minimum absolute atomic E-state index is 0.0203. The van der Waals surface area contributed by atoms with E-state index >= 15 is 0 Å². The van der Waals surface area contributed by atoms with Crippen molar-refractivity contribution in [3.8, 4) is 11.1 Å². The summed E-state index contributed by atoms with van der Waals surface area (Å²) in [6, 6.07) is 6.83. The minimum atomic E-state index is -4.68. The van der Waals surface area contributed by atoms with Gasteiger partial charge in [0.05, 0.1) is 29.4 Å². The van der Waals surface area contributed by atoms with Gasteiger partial charge in [-0.2, -0.15) is 23.4 Å². The first-order valence-corrected chi connectivity index (χ1v) is 19.4. The molecule has 4 atom stereocenters. The molecule has 1 saturated heterocycles. The summed E-state index contributed by atoms with van der Waals surface area (Å²) in [6.45, 7) is 6.66. The lowest BCUT2D eigenvalue weighted by molar-refractivity contribution is -0.141. The lowest BCUT2D eigenvalue weighted by Gasteiger charge is -2.27. The molecule has 1 saturated carbocycles. The molecular formula is C42H44F3N7O4. The Kier molecular flexibility index (Phi) is 9.43. The lowest BCUT2D eigenvalue weighted by atomic mass is 9.87. The van der Waals surface area contributed by atoms with E-state index in [1.165, 1.54) is 13.0 Å². The molecule has 1 amide bonds. The predicted molar refractivity (Wildman–Crippen MR) is 201 cm³/mol. The molecule has 1 aromatic carbocycles. The molecule has 11 nitrogen and oxygen atoms in total. The van der Waals surface area contributed by atoms with Crippen LogP contribution in [-0.4, -0.2) is 69.6 Å². The Hall–Kier alpha value is -5.27. The van der Waals surface area contributed by atoms with Gasteiger partial charge in [0, 0.05) is 54.7 Å². The number of aryl methyl sites for hydroxylation is 3. The first kappa shape index (κ1) is 37.6. The van der Waals surface area contributed by atoms with E-state index in [1.54, 1.807) is 27.2 Å². The zero-order valence-corrected chi connectivity index (χ0v) is 31.9. The van der Waals surface area contributed by atoms with Crippen molar-refractivity contribution in [2.75, 3.05) is 0 Å². The molecule has 56 heavy (non-hydrogen) atoms. The fourth-order valence-corrected chi connectivity index (χ4v) is 9.03. The molecule has 14 heteroatoms. The number of piperidine rings is 1. The van der Waals surface area contributed by atoms with Crippen LogP contribution in [0.2, 0.25) is 0 Å². The van der Waals surface area contributed by atoms with Crippen molar-refractivity contribution in [3.63, 3.8) is 0 Å². The summed E-state index contributed by atoms with van der Waals surface area (Å²) < 4.78 is 44.1. The highest BCUT2D eigenvalue weighted by Gasteiger charge is 2.66. The van der Waals surface area contributed by atoms with Gasteiger partial charge in [-0.15, -0.1) is 0 Å². The molecule has 2 bridgehead atoms. The maximum atomic E-state index is 14.6. The number of aromatic nitrogens is 6. The Bertz CT molecular complexity index is 2430. The first-order chi connectivity index (χ1) is 26.6. The average molecular weight is 768 g/mol. The zero-order chi connectivity index (χ0) is 39.7. The van der Waals surface area contributed by atoms with Crippen molar-refractivity contribution in [1.82, 2.24) is 34.3 Å². The van der Waals surface area contributed by atoms with E-state index in [4.69, 9.17) is 5.10 Å². The number of carbonyl (C=O) groups is 4. The highest BCUT2D eigenvalue weighted by atomic mass is 19.4. The summed E-state index contributed by atoms with van der Waals surface area (Å²) in [5.74, 6) is -1.000. The number of pyridine rings is 1. The Balaban J connectivity index is 1.19. The van der Waals surface area contributed by atoms with E-state index in [0.717, 1.165) is 54.1 Å². The van der Waals surface area contributed by atoms with Crippen LogP contribution in [-0.2, 0) is 39.9 Å². The van der Waals surface area contributed by atoms with E-state index in [0.29, 0.717) is 54.2 Å². The molecule has 2 aliphatic heterocycles. The molecule has 0 spiro atoms. The summed E-state index contributed by atoms with van der Waals surface area (Å²) in [7, 11) is 0. The van der Waals surface area contributed by atoms with E-state index in [9.17, 15) is 32.3 Å². The van der Waals surface area contributed by atoms with Crippen LogP contribution in [0.4, 0.5) is 13.2 Å². The second-order valence-corrected chi connectivity index (χ2v) is 16.2. The van der Waals surface area contributed by atoms with Crippen molar-refractivity contribution < 1.29 is 32.3 Å². The largest absolute Gasteiger partial charge is 0.433 e. The monoisotopic (exact) mass is 767 g/mol. The van der Waals surface area contributed by atoms with Crippen LogP contribution < -0.4 is 0 Å². The number of amides is 1. The molecule has 1 aliphatic carbocycles. The van der Waals surface area contributed by atoms with Gasteiger partial charge in [-0.3, -0.25) is 23.9 Å². The van der Waals surface area contributed by atoms with Crippen LogP contribution in [0.25, 0.3) is 27.7 Å². The van der Waals surface area contributed by atoms with E-state index in [2.05, 4.69) is 15.1 Å². The molecule has 3 aliphatic rings. The standard InChI is InChI=1S/C42H44F3N7O4/c1-23-10-11-35(42(43,44)45)47-31(23)17-34(55)32-18-41-13-12-33(54)24(2)8-6-5-7-9-27-15-28(29-20-46-37-14-25(3)48-50(37)21-29)16-30-39(26(4)53)49-51(40(27)30)22-38(56)52(32)36(41)19-41/h10-11,14-16,20-21,24,32,36H,5-9,12-13,17-19,22H2,1-4H3/t24-,32+,36-,41+/m1/s1. The normalized spacial score (nSPS) is 23.4. The molecule has 6 heterocycles. The summed E-state index contributed by atoms with van der Waals surface area (Å²) in [5, 5.41) is 9.87. The fourth-order valence-electron chi connectivity index (χ4n) is 9.03.